The highest BCUT2D eigenvalue weighted by Gasteiger charge is 2.20. The zero-order chi connectivity index (χ0) is 13.8. The Morgan fingerprint density at radius 2 is 2.10 bits per heavy atom. The molecule has 1 aliphatic carbocycles. The van der Waals surface area contributed by atoms with Crippen molar-refractivity contribution in [1.82, 2.24) is 10.3 Å². The zero-order valence-corrected chi connectivity index (χ0v) is 11.8. The van der Waals surface area contributed by atoms with E-state index in [4.69, 9.17) is 4.74 Å². The van der Waals surface area contributed by atoms with Crippen molar-refractivity contribution in [2.45, 2.75) is 25.3 Å². The number of hydrogen-bond donors (Lipinski definition) is 1. The van der Waals surface area contributed by atoms with Crippen LogP contribution in [-0.4, -0.2) is 18.6 Å². The van der Waals surface area contributed by atoms with Gasteiger partial charge in [-0.25, -0.2) is 0 Å². The van der Waals surface area contributed by atoms with E-state index in [-0.39, 0.29) is 0 Å². The summed E-state index contributed by atoms with van der Waals surface area (Å²) in [6, 6.07) is 11.1. The maximum Gasteiger partial charge on any atom is 0.119 e. The molecule has 1 aromatic carbocycles. The zero-order valence-electron chi connectivity index (χ0n) is 11.8. The first-order chi connectivity index (χ1) is 9.86. The van der Waals surface area contributed by atoms with Gasteiger partial charge in [0.25, 0.3) is 0 Å². The molecule has 2 aromatic rings. The Morgan fingerprint density at radius 3 is 2.90 bits per heavy atom. The Labute approximate surface area is 120 Å². The monoisotopic (exact) mass is 268 g/mol. The Hall–Kier alpha value is -1.87. The fraction of sp³-hybridized carbons (Fsp3) is 0.353. The minimum Gasteiger partial charge on any atom is -0.493 e. The Morgan fingerprint density at radius 1 is 1.25 bits per heavy atom. The third-order valence-corrected chi connectivity index (χ3v) is 3.95. The van der Waals surface area contributed by atoms with Crippen LogP contribution < -0.4 is 10.1 Å². The minimum atomic E-state index is 0.510. The number of rotatable bonds is 5. The lowest BCUT2D eigenvalue weighted by Crippen LogP contribution is -2.12. The molecule has 3 heteroatoms. The van der Waals surface area contributed by atoms with Crippen molar-refractivity contribution in [3.8, 4) is 5.75 Å². The van der Waals surface area contributed by atoms with Crippen molar-refractivity contribution in [3.63, 3.8) is 0 Å². The van der Waals surface area contributed by atoms with Crippen molar-refractivity contribution in [2.24, 2.45) is 0 Å². The number of nitrogens with one attached hydrogen (secondary N) is 1. The van der Waals surface area contributed by atoms with Gasteiger partial charge in [0.05, 0.1) is 6.61 Å². The topological polar surface area (TPSA) is 34.1 Å². The lowest BCUT2D eigenvalue weighted by Gasteiger charge is -2.11. The second-order valence-electron chi connectivity index (χ2n) is 5.19. The van der Waals surface area contributed by atoms with Crippen LogP contribution in [0, 0.1) is 0 Å². The molecule has 0 fully saturated rings. The van der Waals surface area contributed by atoms with E-state index in [1.165, 1.54) is 23.1 Å². The van der Waals surface area contributed by atoms with E-state index in [9.17, 15) is 0 Å². The second-order valence-corrected chi connectivity index (χ2v) is 5.19. The van der Waals surface area contributed by atoms with Gasteiger partial charge in [-0.15, -0.1) is 0 Å². The molecule has 0 aliphatic heterocycles. The summed E-state index contributed by atoms with van der Waals surface area (Å²) in [5.74, 6) is 0.981. The van der Waals surface area contributed by atoms with Crippen LogP contribution in [0.25, 0.3) is 0 Å². The van der Waals surface area contributed by atoms with E-state index in [0.29, 0.717) is 12.6 Å². The number of nitrogens with zero attached hydrogens (tertiary/aromatic N) is 1. The van der Waals surface area contributed by atoms with Gasteiger partial charge in [0.15, 0.2) is 0 Å². The van der Waals surface area contributed by atoms with Crippen LogP contribution in [0.5, 0.6) is 5.75 Å². The van der Waals surface area contributed by atoms with Gasteiger partial charge in [0.1, 0.15) is 5.75 Å². The van der Waals surface area contributed by atoms with E-state index >= 15 is 0 Å². The number of aromatic nitrogens is 1. The molecule has 0 saturated carbocycles. The van der Waals surface area contributed by atoms with Crippen LogP contribution in [0.2, 0.25) is 0 Å². The van der Waals surface area contributed by atoms with E-state index in [1.54, 1.807) is 0 Å². The molecular weight excluding hydrogens is 248 g/mol. The van der Waals surface area contributed by atoms with Crippen molar-refractivity contribution >= 4 is 0 Å². The third kappa shape index (κ3) is 2.83. The molecule has 3 nitrogen and oxygen atoms in total. The molecule has 104 valence electrons. The number of hydrogen-bond acceptors (Lipinski definition) is 3. The van der Waals surface area contributed by atoms with Gasteiger partial charge >= 0.3 is 0 Å². The van der Waals surface area contributed by atoms with E-state index in [0.717, 1.165) is 18.6 Å². The summed E-state index contributed by atoms with van der Waals surface area (Å²) in [4.78, 5) is 4.02. The second kappa shape index (κ2) is 6.06. The largest absolute Gasteiger partial charge is 0.493 e. The predicted octanol–water partition coefficient (Wildman–Crippen LogP) is 2.91. The number of aryl methyl sites for hydroxylation is 1. The van der Waals surface area contributed by atoms with E-state index in [2.05, 4.69) is 28.5 Å². The Bertz CT molecular complexity index is 568. The molecule has 1 heterocycles. The summed E-state index contributed by atoms with van der Waals surface area (Å²) in [6.45, 7) is 0.707. The maximum atomic E-state index is 5.86. The maximum absolute atomic E-state index is 5.86. The average Bonchev–Trinajstić information content (AvgIpc) is 2.90. The molecule has 0 bridgehead atoms. The number of benzene rings is 1. The molecule has 0 amide bonds. The lowest BCUT2D eigenvalue weighted by atomic mass is 10.1. The van der Waals surface area contributed by atoms with E-state index < -0.39 is 0 Å². The smallest absolute Gasteiger partial charge is 0.119 e. The standard InChI is InChI=1S/C17H20N2O/c1-18-17-5-2-14-12-15(3-4-16(14)17)20-11-8-13-6-9-19-10-7-13/h3-4,6-7,9-10,12,17-18H,2,5,8,11H2,1H3. The van der Waals surface area contributed by atoms with Crippen LogP contribution in [-0.2, 0) is 12.8 Å². The van der Waals surface area contributed by atoms with Gasteiger partial charge in [0, 0.05) is 24.9 Å². The van der Waals surface area contributed by atoms with Crippen LogP contribution in [0.3, 0.4) is 0 Å². The molecule has 0 spiro atoms. The van der Waals surface area contributed by atoms with Gasteiger partial charge in [0.2, 0.25) is 0 Å². The first-order valence-electron chi connectivity index (χ1n) is 7.18. The molecular formula is C17H20N2O. The van der Waals surface area contributed by atoms with Crippen molar-refractivity contribution in [3.05, 3.63) is 59.4 Å². The van der Waals surface area contributed by atoms with Crippen LogP contribution in [0.4, 0.5) is 0 Å². The lowest BCUT2D eigenvalue weighted by molar-refractivity contribution is 0.321. The van der Waals surface area contributed by atoms with Crippen molar-refractivity contribution in [2.75, 3.05) is 13.7 Å². The quantitative estimate of drug-likeness (QED) is 0.905. The summed E-state index contributed by atoms with van der Waals surface area (Å²) in [7, 11) is 2.03. The average molecular weight is 268 g/mol. The van der Waals surface area contributed by atoms with Crippen LogP contribution >= 0.6 is 0 Å². The fourth-order valence-corrected chi connectivity index (χ4v) is 2.82. The minimum absolute atomic E-state index is 0.510. The predicted molar refractivity (Wildman–Crippen MR) is 80.0 cm³/mol. The van der Waals surface area contributed by atoms with Crippen LogP contribution in [0.1, 0.15) is 29.2 Å². The third-order valence-electron chi connectivity index (χ3n) is 3.95. The summed E-state index contributed by atoms with van der Waals surface area (Å²) >= 11 is 0. The van der Waals surface area contributed by atoms with Crippen LogP contribution in [0.15, 0.2) is 42.7 Å². The highest BCUT2D eigenvalue weighted by Crippen LogP contribution is 2.33. The molecule has 20 heavy (non-hydrogen) atoms. The first kappa shape index (κ1) is 13.1. The Kier molecular flexibility index (Phi) is 3.97. The van der Waals surface area contributed by atoms with E-state index in [1.807, 2.05) is 31.6 Å². The fourth-order valence-electron chi connectivity index (χ4n) is 2.82. The summed E-state index contributed by atoms with van der Waals surface area (Å²) < 4.78 is 5.86. The normalized spacial score (nSPS) is 16.9. The molecule has 1 aromatic heterocycles. The van der Waals surface area contributed by atoms with Gasteiger partial charge in [-0.05, 0) is 60.8 Å². The number of fused-ring (bicyclic) bond motifs is 1. The SMILES string of the molecule is CNC1CCc2cc(OCCc3ccncc3)ccc21. The molecule has 1 aliphatic rings. The molecule has 3 rings (SSSR count). The summed E-state index contributed by atoms with van der Waals surface area (Å²) in [5.41, 5.74) is 4.11. The van der Waals surface area contributed by atoms with Gasteiger partial charge in [-0.2, -0.15) is 0 Å². The molecule has 1 N–H and O–H groups in total. The first-order valence-corrected chi connectivity index (χ1v) is 7.18. The van der Waals surface area contributed by atoms with Gasteiger partial charge in [-0.3, -0.25) is 4.98 Å². The molecule has 0 radical (unpaired) electrons. The Balaban J connectivity index is 1.59. The molecule has 1 atom stereocenters. The van der Waals surface area contributed by atoms with Gasteiger partial charge < -0.3 is 10.1 Å². The summed E-state index contributed by atoms with van der Waals surface area (Å²) in [6.07, 6.45) is 6.89. The summed E-state index contributed by atoms with van der Waals surface area (Å²) in [5, 5.41) is 3.36. The molecule has 1 unspecified atom stereocenters. The number of pyridine rings is 1. The van der Waals surface area contributed by atoms with Crippen molar-refractivity contribution in [1.29, 1.82) is 0 Å². The van der Waals surface area contributed by atoms with Gasteiger partial charge in [-0.1, -0.05) is 6.07 Å². The highest BCUT2D eigenvalue weighted by atomic mass is 16.5. The highest BCUT2D eigenvalue weighted by molar-refractivity contribution is 5.40. The van der Waals surface area contributed by atoms with Crippen molar-refractivity contribution < 1.29 is 4.74 Å². The molecule has 0 saturated heterocycles. The number of ether oxygens (including phenoxy) is 1.